The summed E-state index contributed by atoms with van der Waals surface area (Å²) in [5.74, 6) is 0.263. The summed E-state index contributed by atoms with van der Waals surface area (Å²) in [5.41, 5.74) is 4.95. The van der Waals surface area contributed by atoms with Crippen LogP contribution in [0.2, 0.25) is 5.02 Å². The van der Waals surface area contributed by atoms with Gasteiger partial charge in [0.1, 0.15) is 5.82 Å². The van der Waals surface area contributed by atoms with Gasteiger partial charge in [-0.1, -0.05) is 29.8 Å². The lowest BCUT2D eigenvalue weighted by Crippen LogP contribution is -2.30. The zero-order valence-electron chi connectivity index (χ0n) is 19.0. The minimum Gasteiger partial charge on any atom is -0.322 e. The SMILES string of the molecule is Cc1ncc(C(=O)Nc2ccc3c(c2)CCN3C(=O)Cc2ccccn2)c(-c2ccc(Cl)cc2)n1. The van der Waals surface area contributed by atoms with Crippen molar-refractivity contribution in [2.24, 2.45) is 0 Å². The van der Waals surface area contributed by atoms with Gasteiger partial charge in [-0.2, -0.15) is 0 Å². The molecule has 0 atom stereocenters. The fraction of sp³-hybridized carbons (Fsp3) is 0.148. The van der Waals surface area contributed by atoms with E-state index in [9.17, 15) is 9.59 Å². The molecular weight excluding hydrogens is 462 g/mol. The molecule has 0 unspecified atom stereocenters. The molecule has 0 radical (unpaired) electrons. The average molecular weight is 484 g/mol. The lowest BCUT2D eigenvalue weighted by molar-refractivity contribution is -0.117. The number of amides is 2. The standard InChI is InChI=1S/C27H22ClN5O2/c1-17-30-16-23(26(31-17)18-5-7-20(28)8-6-18)27(35)32-22-9-10-24-19(14-22)11-13-33(24)25(34)15-21-4-2-3-12-29-21/h2-10,12,14,16H,11,13,15H2,1H3,(H,32,35). The molecule has 5 rings (SSSR count). The van der Waals surface area contributed by atoms with Crippen LogP contribution in [0, 0.1) is 6.92 Å². The first kappa shape index (κ1) is 22.7. The second kappa shape index (κ2) is 9.64. The minimum absolute atomic E-state index is 0.00338. The number of carbonyl (C=O) groups excluding carboxylic acids is 2. The number of pyridine rings is 1. The molecule has 0 saturated heterocycles. The molecule has 1 N–H and O–H groups in total. The molecule has 2 aromatic carbocycles. The number of halogens is 1. The molecule has 8 heteroatoms. The van der Waals surface area contributed by atoms with Crippen LogP contribution in [0.5, 0.6) is 0 Å². The Bertz CT molecular complexity index is 1410. The van der Waals surface area contributed by atoms with E-state index in [1.807, 2.05) is 42.5 Å². The van der Waals surface area contributed by atoms with Crippen LogP contribution in [0.4, 0.5) is 11.4 Å². The van der Waals surface area contributed by atoms with E-state index in [2.05, 4.69) is 20.3 Å². The molecule has 2 aromatic heterocycles. The van der Waals surface area contributed by atoms with Crippen LogP contribution < -0.4 is 10.2 Å². The zero-order chi connectivity index (χ0) is 24.4. The predicted octanol–water partition coefficient (Wildman–Crippen LogP) is 4.88. The Morgan fingerprint density at radius 1 is 1.06 bits per heavy atom. The van der Waals surface area contributed by atoms with E-state index in [-0.39, 0.29) is 18.2 Å². The van der Waals surface area contributed by atoms with Gasteiger partial charge in [0.25, 0.3) is 5.91 Å². The quantitative estimate of drug-likeness (QED) is 0.437. The van der Waals surface area contributed by atoms with Gasteiger partial charge in [0, 0.05) is 46.6 Å². The van der Waals surface area contributed by atoms with Crippen LogP contribution >= 0.6 is 11.6 Å². The number of nitrogens with zero attached hydrogens (tertiary/aromatic N) is 4. The fourth-order valence-corrected chi connectivity index (χ4v) is 4.28. The molecule has 35 heavy (non-hydrogen) atoms. The summed E-state index contributed by atoms with van der Waals surface area (Å²) < 4.78 is 0. The molecule has 4 aromatic rings. The highest BCUT2D eigenvalue weighted by atomic mass is 35.5. The Balaban J connectivity index is 1.35. The van der Waals surface area contributed by atoms with Crippen molar-refractivity contribution in [3.05, 3.63) is 101 Å². The number of anilines is 2. The monoisotopic (exact) mass is 483 g/mol. The van der Waals surface area contributed by atoms with Crippen molar-refractivity contribution in [1.29, 1.82) is 0 Å². The number of benzene rings is 2. The number of fused-ring (bicyclic) bond motifs is 1. The molecule has 3 heterocycles. The first-order valence-corrected chi connectivity index (χ1v) is 11.6. The number of hydrogen-bond acceptors (Lipinski definition) is 5. The summed E-state index contributed by atoms with van der Waals surface area (Å²) in [6.45, 7) is 2.38. The third kappa shape index (κ3) is 4.90. The Hall–Kier alpha value is -4.10. The van der Waals surface area contributed by atoms with Gasteiger partial charge in [0.15, 0.2) is 0 Å². The molecule has 0 fully saturated rings. The van der Waals surface area contributed by atoms with Gasteiger partial charge < -0.3 is 10.2 Å². The van der Waals surface area contributed by atoms with Crippen molar-refractivity contribution < 1.29 is 9.59 Å². The van der Waals surface area contributed by atoms with E-state index in [0.717, 1.165) is 28.9 Å². The molecule has 0 aliphatic carbocycles. The van der Waals surface area contributed by atoms with E-state index in [1.54, 1.807) is 36.2 Å². The highest BCUT2D eigenvalue weighted by Crippen LogP contribution is 2.31. The first-order valence-electron chi connectivity index (χ1n) is 11.2. The molecule has 0 spiro atoms. The van der Waals surface area contributed by atoms with E-state index in [1.165, 1.54) is 6.20 Å². The highest BCUT2D eigenvalue weighted by Gasteiger charge is 2.25. The molecule has 1 aliphatic heterocycles. The Kier molecular flexibility index (Phi) is 6.25. The normalized spacial score (nSPS) is 12.3. The van der Waals surface area contributed by atoms with Gasteiger partial charge in [-0.05, 0) is 61.4 Å². The maximum absolute atomic E-state index is 13.2. The third-order valence-electron chi connectivity index (χ3n) is 5.86. The highest BCUT2D eigenvalue weighted by molar-refractivity contribution is 6.30. The van der Waals surface area contributed by atoms with Crippen molar-refractivity contribution in [2.75, 3.05) is 16.8 Å². The molecule has 1 aliphatic rings. The van der Waals surface area contributed by atoms with Crippen molar-refractivity contribution in [3.63, 3.8) is 0 Å². The van der Waals surface area contributed by atoms with Crippen LogP contribution in [0.15, 0.2) is 73.1 Å². The second-order valence-corrected chi connectivity index (χ2v) is 8.71. The number of nitrogens with one attached hydrogen (secondary N) is 1. The second-order valence-electron chi connectivity index (χ2n) is 8.28. The molecular formula is C27H22ClN5O2. The molecule has 0 saturated carbocycles. The van der Waals surface area contributed by atoms with Gasteiger partial charge >= 0.3 is 0 Å². The van der Waals surface area contributed by atoms with Crippen molar-refractivity contribution in [2.45, 2.75) is 19.8 Å². The average Bonchev–Trinajstić information content (AvgIpc) is 3.28. The van der Waals surface area contributed by atoms with Gasteiger partial charge in [-0.3, -0.25) is 14.6 Å². The topological polar surface area (TPSA) is 88.1 Å². The van der Waals surface area contributed by atoms with Crippen molar-refractivity contribution >= 4 is 34.8 Å². The predicted molar refractivity (Wildman–Crippen MR) is 136 cm³/mol. The third-order valence-corrected chi connectivity index (χ3v) is 6.12. The Labute approximate surface area is 207 Å². The van der Waals surface area contributed by atoms with Gasteiger partial charge in [-0.15, -0.1) is 0 Å². The summed E-state index contributed by atoms with van der Waals surface area (Å²) in [6.07, 6.45) is 4.19. The van der Waals surface area contributed by atoms with Crippen molar-refractivity contribution in [3.8, 4) is 11.3 Å². The van der Waals surface area contributed by atoms with E-state index < -0.39 is 0 Å². The van der Waals surface area contributed by atoms with Gasteiger partial charge in [0.2, 0.25) is 5.91 Å². The zero-order valence-corrected chi connectivity index (χ0v) is 19.8. The van der Waals surface area contributed by atoms with Crippen LogP contribution in [0.3, 0.4) is 0 Å². The number of rotatable bonds is 5. The Morgan fingerprint density at radius 3 is 2.66 bits per heavy atom. The number of aryl methyl sites for hydroxylation is 1. The summed E-state index contributed by atoms with van der Waals surface area (Å²) in [6, 6.07) is 18.3. The summed E-state index contributed by atoms with van der Waals surface area (Å²) >= 11 is 6.02. The lowest BCUT2D eigenvalue weighted by atomic mass is 10.1. The van der Waals surface area contributed by atoms with E-state index >= 15 is 0 Å². The maximum Gasteiger partial charge on any atom is 0.259 e. The number of carbonyl (C=O) groups is 2. The van der Waals surface area contributed by atoms with Crippen LogP contribution in [-0.4, -0.2) is 33.3 Å². The van der Waals surface area contributed by atoms with E-state index in [0.29, 0.717) is 34.3 Å². The smallest absolute Gasteiger partial charge is 0.259 e. The first-order chi connectivity index (χ1) is 17.0. The van der Waals surface area contributed by atoms with Crippen LogP contribution in [-0.2, 0) is 17.6 Å². The Morgan fingerprint density at radius 2 is 1.89 bits per heavy atom. The van der Waals surface area contributed by atoms with Gasteiger partial charge in [-0.25, -0.2) is 9.97 Å². The van der Waals surface area contributed by atoms with E-state index in [4.69, 9.17) is 11.6 Å². The number of hydrogen-bond donors (Lipinski definition) is 1. The minimum atomic E-state index is -0.309. The molecule has 0 bridgehead atoms. The van der Waals surface area contributed by atoms with Gasteiger partial charge in [0.05, 0.1) is 17.7 Å². The summed E-state index contributed by atoms with van der Waals surface area (Å²) in [4.78, 5) is 40.8. The number of aromatic nitrogens is 3. The molecule has 174 valence electrons. The maximum atomic E-state index is 13.2. The van der Waals surface area contributed by atoms with Crippen molar-refractivity contribution in [1.82, 2.24) is 15.0 Å². The van der Waals surface area contributed by atoms with Crippen LogP contribution in [0.25, 0.3) is 11.3 Å². The summed E-state index contributed by atoms with van der Waals surface area (Å²) in [5, 5.41) is 3.56. The fourth-order valence-electron chi connectivity index (χ4n) is 4.15. The molecule has 2 amide bonds. The summed E-state index contributed by atoms with van der Waals surface area (Å²) in [7, 11) is 0. The molecule has 7 nitrogen and oxygen atoms in total. The van der Waals surface area contributed by atoms with Crippen LogP contribution in [0.1, 0.15) is 27.4 Å². The lowest BCUT2D eigenvalue weighted by Gasteiger charge is -2.17. The largest absolute Gasteiger partial charge is 0.322 e.